The Kier molecular flexibility index (Phi) is 7.47. The molecule has 2 heterocycles. The fourth-order valence-corrected chi connectivity index (χ4v) is 6.55. The summed E-state index contributed by atoms with van der Waals surface area (Å²) in [5.41, 5.74) is 2.64. The van der Waals surface area contributed by atoms with Gasteiger partial charge in [0, 0.05) is 43.6 Å². The predicted octanol–water partition coefficient (Wildman–Crippen LogP) is 3.86. The van der Waals surface area contributed by atoms with Crippen LogP contribution in [0.5, 0.6) is 5.75 Å². The van der Waals surface area contributed by atoms with Gasteiger partial charge in [0.05, 0.1) is 26.9 Å². The van der Waals surface area contributed by atoms with Crippen LogP contribution in [0.3, 0.4) is 0 Å². The average Bonchev–Trinajstić information content (AvgIpc) is 3.51. The van der Waals surface area contributed by atoms with Crippen LogP contribution in [0.15, 0.2) is 54.6 Å². The van der Waals surface area contributed by atoms with Crippen LogP contribution in [0.1, 0.15) is 43.2 Å². The first-order valence-electron chi connectivity index (χ1n) is 13.1. The van der Waals surface area contributed by atoms with Crippen molar-refractivity contribution >= 4 is 0 Å². The Morgan fingerprint density at radius 3 is 2.31 bits per heavy atom. The van der Waals surface area contributed by atoms with Gasteiger partial charge in [0.25, 0.3) is 0 Å². The Bertz CT molecular complexity index is 935. The number of nitrogens with zero attached hydrogens (tertiary/aromatic N) is 2. The average molecular weight is 481 g/mol. The van der Waals surface area contributed by atoms with Crippen LogP contribution >= 0.6 is 0 Å². The number of hydrogen-bond donors (Lipinski definition) is 1. The SMILES string of the molecule is COc1ccc(C[C@@H](CO)N2C[C@@H](N(C)Cc3ccccc3)CC23CCC2(CC3)OCCO2)cc1. The van der Waals surface area contributed by atoms with E-state index < -0.39 is 0 Å². The molecular formula is C29H40N2O4. The minimum atomic E-state index is -0.379. The molecular weight excluding hydrogens is 440 g/mol. The lowest BCUT2D eigenvalue weighted by Gasteiger charge is -2.48. The zero-order valence-corrected chi connectivity index (χ0v) is 21.2. The lowest BCUT2D eigenvalue weighted by molar-refractivity contribution is -0.194. The second-order valence-electron chi connectivity index (χ2n) is 10.6. The molecule has 0 aromatic heterocycles. The quantitative estimate of drug-likeness (QED) is 0.619. The Labute approximate surface area is 209 Å². The Morgan fingerprint density at radius 1 is 1.00 bits per heavy atom. The highest BCUT2D eigenvalue weighted by Gasteiger charge is 2.54. The zero-order valence-electron chi connectivity index (χ0n) is 21.2. The minimum Gasteiger partial charge on any atom is -0.497 e. The van der Waals surface area contributed by atoms with Crippen molar-refractivity contribution in [3.8, 4) is 5.75 Å². The number of hydrogen-bond acceptors (Lipinski definition) is 6. The van der Waals surface area contributed by atoms with Gasteiger partial charge >= 0.3 is 0 Å². The normalized spacial score (nSPS) is 24.4. The molecule has 0 radical (unpaired) electrons. The van der Waals surface area contributed by atoms with Gasteiger partial charge in [-0.25, -0.2) is 0 Å². The molecule has 2 atom stereocenters. The summed E-state index contributed by atoms with van der Waals surface area (Å²) in [5.74, 6) is 0.485. The van der Waals surface area contributed by atoms with Gasteiger partial charge in [-0.15, -0.1) is 0 Å². The number of ether oxygens (including phenoxy) is 3. The molecule has 1 N–H and O–H groups in total. The first kappa shape index (κ1) is 24.7. The number of benzene rings is 2. The monoisotopic (exact) mass is 480 g/mol. The third-order valence-corrected chi connectivity index (χ3v) is 8.57. The summed E-state index contributed by atoms with van der Waals surface area (Å²) in [7, 11) is 3.94. The summed E-state index contributed by atoms with van der Waals surface area (Å²) < 4.78 is 17.5. The second kappa shape index (κ2) is 10.6. The molecule has 6 nitrogen and oxygen atoms in total. The van der Waals surface area contributed by atoms with Gasteiger partial charge in [0.15, 0.2) is 5.79 Å². The van der Waals surface area contributed by atoms with E-state index in [0.717, 1.165) is 57.4 Å². The molecule has 0 bridgehead atoms. The molecule has 0 unspecified atom stereocenters. The Morgan fingerprint density at radius 2 is 1.69 bits per heavy atom. The van der Waals surface area contributed by atoms with Crippen LogP contribution < -0.4 is 4.74 Å². The number of methoxy groups -OCH3 is 1. The largest absolute Gasteiger partial charge is 0.497 e. The number of aliphatic hydroxyl groups is 1. The third-order valence-electron chi connectivity index (χ3n) is 8.57. The molecule has 3 aliphatic rings. The van der Waals surface area contributed by atoms with Crippen LogP contribution in [0, 0.1) is 0 Å². The van der Waals surface area contributed by atoms with E-state index in [2.05, 4.69) is 59.3 Å². The van der Waals surface area contributed by atoms with Crippen LogP contribution in [0.4, 0.5) is 0 Å². The van der Waals surface area contributed by atoms with Crippen molar-refractivity contribution in [2.75, 3.05) is 40.5 Å². The molecule has 1 saturated carbocycles. The van der Waals surface area contributed by atoms with Crippen molar-refractivity contribution in [2.24, 2.45) is 0 Å². The predicted molar refractivity (Wildman–Crippen MR) is 136 cm³/mol. The van der Waals surface area contributed by atoms with Gasteiger partial charge in [-0.1, -0.05) is 42.5 Å². The molecule has 1 aliphatic carbocycles. The summed E-state index contributed by atoms with van der Waals surface area (Å²) >= 11 is 0. The van der Waals surface area contributed by atoms with Gasteiger partial charge in [0.1, 0.15) is 5.75 Å². The molecule has 2 saturated heterocycles. The van der Waals surface area contributed by atoms with Crippen molar-refractivity contribution in [2.45, 2.75) is 68.5 Å². The zero-order chi connectivity index (χ0) is 24.3. The van der Waals surface area contributed by atoms with E-state index in [1.54, 1.807) is 7.11 Å². The summed E-state index contributed by atoms with van der Waals surface area (Å²) in [5, 5.41) is 10.6. The standard InChI is InChI=1S/C29H40N2O4/c1-30(20-24-6-4-3-5-7-24)26-19-28(12-14-29(15-13-28)34-16-17-35-29)31(21-26)25(22-32)18-23-8-10-27(33-2)11-9-23/h3-11,25-26,32H,12-22H2,1-2H3/t25-,26-/m0/s1. The van der Waals surface area contributed by atoms with E-state index in [1.807, 2.05) is 12.1 Å². The smallest absolute Gasteiger partial charge is 0.168 e. The van der Waals surface area contributed by atoms with Crippen molar-refractivity contribution in [1.82, 2.24) is 9.80 Å². The van der Waals surface area contributed by atoms with Gasteiger partial charge in [-0.2, -0.15) is 0 Å². The van der Waals surface area contributed by atoms with E-state index in [4.69, 9.17) is 14.2 Å². The molecule has 2 spiro atoms. The van der Waals surface area contributed by atoms with Crippen molar-refractivity contribution < 1.29 is 19.3 Å². The van der Waals surface area contributed by atoms with Gasteiger partial charge in [-0.3, -0.25) is 9.80 Å². The molecule has 6 heteroatoms. The molecule has 35 heavy (non-hydrogen) atoms. The van der Waals surface area contributed by atoms with E-state index >= 15 is 0 Å². The maximum atomic E-state index is 10.6. The Hall–Kier alpha value is -1.96. The van der Waals surface area contributed by atoms with Crippen LogP contribution in [0.2, 0.25) is 0 Å². The lowest BCUT2D eigenvalue weighted by Crippen LogP contribution is -2.55. The van der Waals surface area contributed by atoms with Crippen molar-refractivity contribution in [1.29, 1.82) is 0 Å². The summed E-state index contributed by atoms with van der Waals surface area (Å²) in [6.07, 6.45) is 5.89. The molecule has 3 fully saturated rings. The first-order chi connectivity index (χ1) is 17.0. The first-order valence-corrected chi connectivity index (χ1v) is 13.1. The topological polar surface area (TPSA) is 54.4 Å². The highest BCUT2D eigenvalue weighted by atomic mass is 16.7. The van der Waals surface area contributed by atoms with E-state index in [1.165, 1.54) is 11.1 Å². The number of rotatable bonds is 8. The van der Waals surface area contributed by atoms with Gasteiger partial charge in [-0.05, 0) is 56.0 Å². The summed E-state index contributed by atoms with van der Waals surface area (Å²) in [6, 6.07) is 19.5. The van der Waals surface area contributed by atoms with Gasteiger partial charge < -0.3 is 19.3 Å². The van der Waals surface area contributed by atoms with E-state index in [9.17, 15) is 5.11 Å². The van der Waals surface area contributed by atoms with Crippen LogP contribution in [0.25, 0.3) is 0 Å². The van der Waals surface area contributed by atoms with E-state index in [0.29, 0.717) is 19.3 Å². The van der Waals surface area contributed by atoms with Crippen molar-refractivity contribution in [3.05, 3.63) is 65.7 Å². The maximum absolute atomic E-state index is 10.6. The van der Waals surface area contributed by atoms with Crippen LogP contribution in [-0.4, -0.2) is 78.8 Å². The van der Waals surface area contributed by atoms with E-state index in [-0.39, 0.29) is 24.0 Å². The maximum Gasteiger partial charge on any atom is 0.168 e. The second-order valence-corrected chi connectivity index (χ2v) is 10.6. The number of aliphatic hydroxyl groups excluding tert-OH is 1. The number of likely N-dealkylation sites (tertiary alicyclic amines) is 1. The molecule has 0 amide bonds. The van der Waals surface area contributed by atoms with Gasteiger partial charge in [0.2, 0.25) is 0 Å². The summed E-state index contributed by atoms with van der Waals surface area (Å²) in [6.45, 7) is 3.47. The summed E-state index contributed by atoms with van der Waals surface area (Å²) in [4.78, 5) is 5.15. The molecule has 2 aromatic rings. The lowest BCUT2D eigenvalue weighted by atomic mass is 9.75. The number of likely N-dealkylation sites (N-methyl/N-ethyl adjacent to an activating group) is 1. The molecule has 2 aliphatic heterocycles. The minimum absolute atomic E-state index is 0.0655. The fraction of sp³-hybridized carbons (Fsp3) is 0.586. The highest BCUT2D eigenvalue weighted by molar-refractivity contribution is 5.28. The highest BCUT2D eigenvalue weighted by Crippen LogP contribution is 2.49. The third kappa shape index (κ3) is 5.27. The Balaban J connectivity index is 1.35. The molecule has 190 valence electrons. The fourth-order valence-electron chi connectivity index (χ4n) is 6.55. The van der Waals surface area contributed by atoms with Crippen molar-refractivity contribution in [3.63, 3.8) is 0 Å². The molecule has 2 aromatic carbocycles. The molecule has 5 rings (SSSR count). The van der Waals surface area contributed by atoms with Crippen LogP contribution in [-0.2, 0) is 22.4 Å².